The van der Waals surface area contributed by atoms with Gasteiger partial charge < -0.3 is 0 Å². The van der Waals surface area contributed by atoms with Gasteiger partial charge >= 0.3 is 7.60 Å². The van der Waals surface area contributed by atoms with Crippen molar-refractivity contribution in [1.82, 2.24) is 0 Å². The maximum Gasteiger partial charge on any atom is 0.336 e. The van der Waals surface area contributed by atoms with Crippen molar-refractivity contribution in [2.24, 2.45) is 0 Å². The molecule has 0 radical (unpaired) electrons. The molecule has 3 nitrogen and oxygen atoms in total. The third kappa shape index (κ3) is 5.62. The molecule has 14 heavy (non-hydrogen) atoms. The van der Waals surface area contributed by atoms with E-state index in [4.69, 9.17) is 21.9 Å². The Morgan fingerprint density at radius 3 is 2.14 bits per heavy atom. The molecule has 0 saturated heterocycles. The third-order valence-corrected chi connectivity index (χ3v) is 2.96. The van der Waals surface area contributed by atoms with Gasteiger partial charge in [-0.05, 0) is 6.92 Å². The minimum Gasteiger partial charge on any atom is -0.295 e. The quantitative estimate of drug-likeness (QED) is 0.384. The van der Waals surface area contributed by atoms with Crippen LogP contribution in [0.3, 0.4) is 0 Å². The highest BCUT2D eigenvalue weighted by molar-refractivity contribution is 7.54. The minimum atomic E-state index is -3.14. The molecule has 0 aromatic rings. The first-order valence-electron chi connectivity index (χ1n) is 4.04. The fraction of sp³-hybridized carbons (Fsp3) is 0.400. The molecule has 0 saturated carbocycles. The molecule has 0 bridgehead atoms. The van der Waals surface area contributed by atoms with Gasteiger partial charge in [-0.2, -0.15) is 0 Å². The van der Waals surface area contributed by atoms with Crippen molar-refractivity contribution in [3.05, 3.63) is 12.2 Å². The second-order valence-electron chi connectivity index (χ2n) is 2.32. The first-order valence-corrected chi connectivity index (χ1v) is 5.77. The highest BCUT2D eigenvalue weighted by Crippen LogP contribution is 2.47. The minimum absolute atomic E-state index is 0.0423. The van der Waals surface area contributed by atoms with E-state index in [1.807, 2.05) is 6.92 Å². The molecule has 76 valence electrons. The van der Waals surface area contributed by atoms with Crippen LogP contribution in [0.15, 0.2) is 12.2 Å². The molecule has 0 rings (SSSR count). The average molecular weight is 212 g/mol. The summed E-state index contributed by atoms with van der Waals surface area (Å²) < 4.78 is 21.7. The molecular formula is C10H13O3P. The molecule has 0 aliphatic rings. The number of hydrogen-bond donors (Lipinski definition) is 0. The van der Waals surface area contributed by atoms with Gasteiger partial charge in [0.2, 0.25) is 0 Å². The second-order valence-corrected chi connectivity index (χ2v) is 4.42. The molecule has 0 amide bonds. The topological polar surface area (TPSA) is 35.5 Å². The summed E-state index contributed by atoms with van der Waals surface area (Å²) in [6.45, 7) is 1.73. The Hall–Kier alpha value is -0.990. The van der Waals surface area contributed by atoms with Crippen LogP contribution in [0, 0.1) is 24.7 Å². The third-order valence-electron chi connectivity index (χ3n) is 1.25. The lowest BCUT2D eigenvalue weighted by Crippen LogP contribution is -1.99. The fourth-order valence-corrected chi connectivity index (χ4v) is 1.95. The summed E-state index contributed by atoms with van der Waals surface area (Å²) in [6, 6.07) is 0. The monoisotopic (exact) mass is 212 g/mol. The first kappa shape index (κ1) is 13.0. The zero-order valence-corrected chi connectivity index (χ0v) is 9.00. The van der Waals surface area contributed by atoms with Crippen LogP contribution in [0.1, 0.15) is 6.92 Å². The summed E-state index contributed by atoms with van der Waals surface area (Å²) in [7, 11) is -3.14. The lowest BCUT2D eigenvalue weighted by molar-refractivity contribution is 0.245. The molecule has 0 aliphatic heterocycles. The zero-order chi connectivity index (χ0) is 10.9. The van der Waals surface area contributed by atoms with Crippen LogP contribution < -0.4 is 0 Å². The smallest absolute Gasteiger partial charge is 0.295 e. The van der Waals surface area contributed by atoms with Gasteiger partial charge in [0.05, 0.1) is 6.16 Å². The Kier molecular flexibility index (Phi) is 6.89. The van der Waals surface area contributed by atoms with Gasteiger partial charge in [0, 0.05) is 0 Å². The lowest BCUT2D eigenvalue weighted by Gasteiger charge is -2.13. The van der Waals surface area contributed by atoms with Crippen LogP contribution in [0.2, 0.25) is 0 Å². The van der Waals surface area contributed by atoms with Crippen molar-refractivity contribution in [2.75, 3.05) is 19.4 Å². The Balaban J connectivity index is 4.28. The van der Waals surface area contributed by atoms with Crippen molar-refractivity contribution in [2.45, 2.75) is 6.92 Å². The predicted octanol–water partition coefficient (Wildman–Crippen LogP) is 2.06. The van der Waals surface area contributed by atoms with Crippen LogP contribution >= 0.6 is 7.60 Å². The van der Waals surface area contributed by atoms with Crippen molar-refractivity contribution in [1.29, 1.82) is 0 Å². The molecular weight excluding hydrogens is 199 g/mol. The van der Waals surface area contributed by atoms with Crippen molar-refractivity contribution >= 4 is 7.60 Å². The van der Waals surface area contributed by atoms with Gasteiger partial charge in [0.1, 0.15) is 13.2 Å². The Morgan fingerprint density at radius 1 is 1.29 bits per heavy atom. The van der Waals surface area contributed by atoms with Crippen LogP contribution in [0.4, 0.5) is 0 Å². The van der Waals surface area contributed by atoms with E-state index in [-0.39, 0.29) is 19.4 Å². The number of rotatable bonds is 6. The van der Waals surface area contributed by atoms with Crippen molar-refractivity contribution < 1.29 is 13.6 Å². The molecule has 0 aliphatic carbocycles. The fourth-order valence-electron chi connectivity index (χ4n) is 0.648. The number of hydrogen-bond acceptors (Lipinski definition) is 3. The summed E-state index contributed by atoms with van der Waals surface area (Å²) in [5.74, 6) is 4.45. The van der Waals surface area contributed by atoms with E-state index in [1.165, 1.54) is 0 Å². The van der Waals surface area contributed by atoms with E-state index >= 15 is 0 Å². The zero-order valence-electron chi connectivity index (χ0n) is 8.10. The molecule has 0 unspecified atom stereocenters. The molecule has 0 N–H and O–H groups in total. The molecule has 0 spiro atoms. The summed E-state index contributed by atoms with van der Waals surface area (Å²) in [4.78, 5) is 0. The Labute approximate surface area is 85.0 Å². The SMILES string of the molecule is C#CCOP(=O)(CC=CC)OCC#C. The van der Waals surface area contributed by atoms with Gasteiger partial charge in [-0.15, -0.1) is 12.8 Å². The maximum absolute atomic E-state index is 11.8. The molecule has 0 aromatic carbocycles. The molecule has 0 aromatic heterocycles. The maximum atomic E-state index is 11.8. The van der Waals surface area contributed by atoms with E-state index < -0.39 is 7.60 Å². The molecule has 0 heterocycles. The van der Waals surface area contributed by atoms with Gasteiger partial charge in [0.15, 0.2) is 0 Å². The van der Waals surface area contributed by atoms with Crippen molar-refractivity contribution in [3.63, 3.8) is 0 Å². The van der Waals surface area contributed by atoms with Crippen LogP contribution in [0.5, 0.6) is 0 Å². The molecule has 0 atom stereocenters. The normalized spacial score (nSPS) is 11.1. The number of terminal acetylenes is 2. The van der Waals surface area contributed by atoms with Crippen LogP contribution in [-0.2, 0) is 13.6 Å². The highest BCUT2D eigenvalue weighted by atomic mass is 31.2. The standard InChI is InChI=1S/C10H13O3P/c1-4-7-10-14(11,12-8-5-2)13-9-6-3/h2-4,7H,8-10H2,1H3. The van der Waals surface area contributed by atoms with E-state index in [9.17, 15) is 4.57 Å². The van der Waals surface area contributed by atoms with Gasteiger partial charge in [0.25, 0.3) is 0 Å². The Morgan fingerprint density at radius 2 is 1.79 bits per heavy atom. The van der Waals surface area contributed by atoms with Crippen LogP contribution in [-0.4, -0.2) is 19.4 Å². The van der Waals surface area contributed by atoms with Crippen LogP contribution in [0.25, 0.3) is 0 Å². The molecule has 4 heteroatoms. The number of allylic oxidation sites excluding steroid dienone is 2. The molecule has 0 fully saturated rings. The van der Waals surface area contributed by atoms with Gasteiger partial charge in [-0.3, -0.25) is 13.6 Å². The Bertz CT molecular complexity index is 284. The van der Waals surface area contributed by atoms with E-state index in [2.05, 4.69) is 11.8 Å². The van der Waals surface area contributed by atoms with E-state index in [0.29, 0.717) is 0 Å². The predicted molar refractivity (Wildman–Crippen MR) is 56.9 cm³/mol. The average Bonchev–Trinajstić information content (AvgIpc) is 2.21. The summed E-state index contributed by atoms with van der Waals surface area (Å²) in [6.07, 6.45) is 13.6. The lowest BCUT2D eigenvalue weighted by atomic mass is 10.6. The first-order chi connectivity index (χ1) is 6.68. The largest absolute Gasteiger partial charge is 0.336 e. The highest BCUT2D eigenvalue weighted by Gasteiger charge is 2.21. The van der Waals surface area contributed by atoms with Crippen molar-refractivity contribution in [3.8, 4) is 24.7 Å². The van der Waals surface area contributed by atoms with Gasteiger partial charge in [-0.25, -0.2) is 0 Å². The summed E-state index contributed by atoms with van der Waals surface area (Å²) >= 11 is 0. The summed E-state index contributed by atoms with van der Waals surface area (Å²) in [5.41, 5.74) is 0. The van der Waals surface area contributed by atoms with E-state index in [0.717, 1.165) is 0 Å². The summed E-state index contributed by atoms with van der Waals surface area (Å²) in [5, 5.41) is 0. The van der Waals surface area contributed by atoms with E-state index in [1.54, 1.807) is 12.2 Å². The van der Waals surface area contributed by atoms with Gasteiger partial charge in [-0.1, -0.05) is 24.0 Å². The second kappa shape index (κ2) is 7.42.